The normalized spacial score (nSPS) is 24.4. The summed E-state index contributed by atoms with van der Waals surface area (Å²) < 4.78 is 4.89. The Bertz CT molecular complexity index is 600. The Labute approximate surface area is 139 Å². The number of hydrogen-bond donors (Lipinski definition) is 3. The van der Waals surface area contributed by atoms with Crippen LogP contribution < -0.4 is 0 Å². The summed E-state index contributed by atoms with van der Waals surface area (Å²) in [6.45, 7) is 6.11. The standard InChI is InChI=1S/C17H22O7/c1-4-13(19)24-8-6-11-5-7-17(3,16(22)23)14(15(20)21)12(11)9-10(2)18/h4-5,7,10,14,18H,1,6,8-9H2,2-3H3,(H,20,21)(H,22,23). The molecule has 7 heteroatoms. The summed E-state index contributed by atoms with van der Waals surface area (Å²) in [5.74, 6) is -4.44. The maximum absolute atomic E-state index is 11.7. The SMILES string of the molecule is C=CC(=O)OCCC1=C(CC(C)O)C(C(=O)O)C(C)(C(=O)O)C=C1. The fourth-order valence-electron chi connectivity index (χ4n) is 2.76. The summed E-state index contributed by atoms with van der Waals surface area (Å²) in [6, 6.07) is 0. The van der Waals surface area contributed by atoms with E-state index < -0.39 is 35.3 Å². The van der Waals surface area contributed by atoms with Crippen molar-refractivity contribution >= 4 is 17.9 Å². The summed E-state index contributed by atoms with van der Waals surface area (Å²) in [7, 11) is 0. The Morgan fingerprint density at radius 3 is 2.50 bits per heavy atom. The van der Waals surface area contributed by atoms with Gasteiger partial charge in [0.15, 0.2) is 0 Å². The lowest BCUT2D eigenvalue weighted by Gasteiger charge is -2.35. The van der Waals surface area contributed by atoms with Crippen molar-refractivity contribution in [2.45, 2.75) is 32.8 Å². The quantitative estimate of drug-likeness (QED) is 0.453. The number of aliphatic hydroxyl groups is 1. The van der Waals surface area contributed by atoms with Gasteiger partial charge in [0.1, 0.15) is 5.41 Å². The van der Waals surface area contributed by atoms with Crippen LogP contribution in [0.4, 0.5) is 0 Å². The van der Waals surface area contributed by atoms with Crippen molar-refractivity contribution in [1.82, 2.24) is 0 Å². The van der Waals surface area contributed by atoms with Gasteiger partial charge >= 0.3 is 17.9 Å². The first kappa shape index (κ1) is 19.6. The van der Waals surface area contributed by atoms with Gasteiger partial charge in [0, 0.05) is 12.5 Å². The average molecular weight is 338 g/mol. The Morgan fingerprint density at radius 2 is 2.04 bits per heavy atom. The zero-order valence-corrected chi connectivity index (χ0v) is 13.7. The molecule has 3 unspecified atom stereocenters. The van der Waals surface area contributed by atoms with Crippen molar-refractivity contribution in [1.29, 1.82) is 0 Å². The molecule has 0 aromatic carbocycles. The molecule has 0 aromatic rings. The van der Waals surface area contributed by atoms with Gasteiger partial charge in [-0.3, -0.25) is 9.59 Å². The van der Waals surface area contributed by atoms with Crippen molar-refractivity contribution in [2.24, 2.45) is 11.3 Å². The van der Waals surface area contributed by atoms with E-state index in [4.69, 9.17) is 4.74 Å². The highest BCUT2D eigenvalue weighted by Gasteiger charge is 2.48. The molecule has 0 radical (unpaired) electrons. The van der Waals surface area contributed by atoms with E-state index in [9.17, 15) is 29.7 Å². The number of carboxylic acids is 2. The Balaban J connectivity index is 3.21. The molecule has 132 valence electrons. The van der Waals surface area contributed by atoms with Crippen molar-refractivity contribution in [3.05, 3.63) is 36.0 Å². The van der Waals surface area contributed by atoms with Gasteiger partial charge in [-0.05, 0) is 31.4 Å². The minimum atomic E-state index is -1.61. The lowest BCUT2D eigenvalue weighted by atomic mass is 9.67. The van der Waals surface area contributed by atoms with Gasteiger partial charge < -0.3 is 20.1 Å². The van der Waals surface area contributed by atoms with Gasteiger partial charge in [-0.15, -0.1) is 0 Å². The smallest absolute Gasteiger partial charge is 0.330 e. The van der Waals surface area contributed by atoms with E-state index in [1.807, 2.05) is 0 Å². The number of aliphatic carboxylic acids is 2. The monoisotopic (exact) mass is 338 g/mol. The molecule has 0 saturated carbocycles. The zero-order chi connectivity index (χ0) is 18.5. The Hall–Kier alpha value is -2.41. The molecule has 0 heterocycles. The fraction of sp³-hybridized carbons (Fsp3) is 0.471. The summed E-state index contributed by atoms with van der Waals surface area (Å²) in [4.78, 5) is 34.4. The van der Waals surface area contributed by atoms with Gasteiger partial charge in [0.05, 0.1) is 18.6 Å². The molecular weight excluding hydrogens is 316 g/mol. The van der Waals surface area contributed by atoms with Crippen molar-refractivity contribution < 1.29 is 34.4 Å². The molecular formula is C17H22O7. The van der Waals surface area contributed by atoms with Crippen LogP contribution in [0.1, 0.15) is 26.7 Å². The number of esters is 1. The Morgan fingerprint density at radius 1 is 1.42 bits per heavy atom. The predicted molar refractivity (Wildman–Crippen MR) is 85.1 cm³/mol. The molecule has 0 bridgehead atoms. The topological polar surface area (TPSA) is 121 Å². The first-order chi connectivity index (χ1) is 11.1. The predicted octanol–water partition coefficient (Wildman–Crippen LogP) is 1.53. The van der Waals surface area contributed by atoms with Gasteiger partial charge in [-0.25, -0.2) is 4.79 Å². The largest absolute Gasteiger partial charge is 0.481 e. The molecule has 0 spiro atoms. The average Bonchev–Trinajstić information content (AvgIpc) is 2.48. The van der Waals surface area contributed by atoms with Crippen molar-refractivity contribution in [3.63, 3.8) is 0 Å². The van der Waals surface area contributed by atoms with Crippen LogP contribution in [-0.4, -0.2) is 45.9 Å². The molecule has 1 aliphatic carbocycles. The summed E-state index contributed by atoms with van der Waals surface area (Å²) >= 11 is 0. The molecule has 7 nitrogen and oxygen atoms in total. The van der Waals surface area contributed by atoms with Crippen molar-refractivity contribution in [3.8, 4) is 0 Å². The van der Waals surface area contributed by atoms with Gasteiger partial charge in [-0.2, -0.15) is 0 Å². The van der Waals surface area contributed by atoms with E-state index >= 15 is 0 Å². The maximum atomic E-state index is 11.7. The second-order valence-corrected chi connectivity index (χ2v) is 5.92. The molecule has 3 N–H and O–H groups in total. The highest BCUT2D eigenvalue weighted by Crippen LogP contribution is 2.43. The molecule has 0 amide bonds. The minimum absolute atomic E-state index is 0.00393. The lowest BCUT2D eigenvalue weighted by Crippen LogP contribution is -2.42. The van der Waals surface area contributed by atoms with E-state index in [-0.39, 0.29) is 19.4 Å². The minimum Gasteiger partial charge on any atom is -0.481 e. The number of hydrogen-bond acceptors (Lipinski definition) is 5. The van der Waals surface area contributed by atoms with Crippen LogP contribution in [0.15, 0.2) is 36.0 Å². The third kappa shape index (κ3) is 4.32. The number of carbonyl (C=O) groups excluding carboxylic acids is 1. The van der Waals surface area contributed by atoms with Crippen LogP contribution in [0, 0.1) is 11.3 Å². The number of rotatable bonds is 8. The first-order valence-electron chi connectivity index (χ1n) is 7.48. The molecule has 0 saturated heterocycles. The van der Waals surface area contributed by atoms with Crippen LogP contribution in [0.3, 0.4) is 0 Å². The summed E-state index contributed by atoms with van der Waals surface area (Å²) in [6.07, 6.45) is 3.30. The Kier molecular flexibility index (Phi) is 6.48. The second kappa shape index (κ2) is 7.92. The number of ether oxygens (including phenoxy) is 1. The third-order valence-electron chi connectivity index (χ3n) is 4.00. The van der Waals surface area contributed by atoms with Gasteiger partial charge in [0.2, 0.25) is 0 Å². The second-order valence-electron chi connectivity index (χ2n) is 5.92. The highest BCUT2D eigenvalue weighted by atomic mass is 16.5. The molecule has 0 fully saturated rings. The molecule has 24 heavy (non-hydrogen) atoms. The summed E-state index contributed by atoms with van der Waals surface area (Å²) in [5.41, 5.74) is -0.726. The molecule has 1 aliphatic rings. The van der Waals surface area contributed by atoms with Crippen LogP contribution in [0.5, 0.6) is 0 Å². The molecule has 0 aromatic heterocycles. The van der Waals surface area contributed by atoms with Crippen LogP contribution in [0.2, 0.25) is 0 Å². The summed E-state index contributed by atoms with van der Waals surface area (Å²) in [5, 5.41) is 28.7. The third-order valence-corrected chi connectivity index (χ3v) is 4.00. The molecule has 3 atom stereocenters. The van der Waals surface area contributed by atoms with E-state index in [0.29, 0.717) is 11.1 Å². The zero-order valence-electron chi connectivity index (χ0n) is 13.7. The lowest BCUT2D eigenvalue weighted by molar-refractivity contribution is -0.156. The number of allylic oxidation sites excluding steroid dienone is 1. The van der Waals surface area contributed by atoms with E-state index in [0.717, 1.165) is 6.08 Å². The van der Waals surface area contributed by atoms with Crippen LogP contribution >= 0.6 is 0 Å². The van der Waals surface area contributed by atoms with Crippen molar-refractivity contribution in [2.75, 3.05) is 6.61 Å². The first-order valence-corrected chi connectivity index (χ1v) is 7.48. The van der Waals surface area contributed by atoms with Gasteiger partial charge in [0.25, 0.3) is 0 Å². The molecule has 1 rings (SSSR count). The van der Waals surface area contributed by atoms with E-state index in [1.54, 1.807) is 0 Å². The van der Waals surface area contributed by atoms with Gasteiger partial charge in [-0.1, -0.05) is 18.7 Å². The molecule has 0 aliphatic heterocycles. The van der Waals surface area contributed by atoms with E-state index in [2.05, 4.69) is 6.58 Å². The van der Waals surface area contributed by atoms with Crippen LogP contribution in [0.25, 0.3) is 0 Å². The number of carboxylic acid groups (broad SMARTS) is 2. The number of aliphatic hydroxyl groups excluding tert-OH is 1. The highest BCUT2D eigenvalue weighted by molar-refractivity contribution is 5.88. The van der Waals surface area contributed by atoms with E-state index in [1.165, 1.54) is 26.0 Å². The number of carbonyl (C=O) groups is 3. The maximum Gasteiger partial charge on any atom is 0.330 e. The fourth-order valence-corrected chi connectivity index (χ4v) is 2.76. The van der Waals surface area contributed by atoms with Crippen LogP contribution in [-0.2, 0) is 19.1 Å².